The van der Waals surface area contributed by atoms with Crippen molar-refractivity contribution in [3.05, 3.63) is 29.6 Å². The van der Waals surface area contributed by atoms with Crippen LogP contribution >= 0.6 is 0 Å². The molecule has 0 N–H and O–H groups in total. The first kappa shape index (κ1) is 11.0. The number of fused-ring (bicyclic) bond motifs is 2. The fraction of sp³-hybridized carbons (Fsp3) is 0.500. The molecule has 1 saturated carbocycles. The van der Waals surface area contributed by atoms with Gasteiger partial charge in [0.2, 0.25) is 10.0 Å². The first-order chi connectivity index (χ1) is 7.94. The van der Waals surface area contributed by atoms with Gasteiger partial charge in [0.15, 0.2) is 0 Å². The topological polar surface area (TPSA) is 37.4 Å². The Morgan fingerprint density at radius 2 is 2.06 bits per heavy atom. The third-order valence-corrected chi connectivity index (χ3v) is 5.07. The van der Waals surface area contributed by atoms with Gasteiger partial charge in [0.25, 0.3) is 0 Å². The molecule has 0 unspecified atom stereocenters. The average Bonchev–Trinajstić information content (AvgIpc) is 2.53. The van der Waals surface area contributed by atoms with Crippen LogP contribution in [0.3, 0.4) is 0 Å². The summed E-state index contributed by atoms with van der Waals surface area (Å²) in [5.41, 5.74) is 0.882. The third-order valence-electron chi connectivity index (χ3n) is 3.95. The molecule has 1 aliphatic carbocycles. The number of hydrogen-bond donors (Lipinski definition) is 0. The van der Waals surface area contributed by atoms with Gasteiger partial charge in [0, 0.05) is 17.5 Å². The minimum absolute atomic E-state index is 0.260. The summed E-state index contributed by atoms with van der Waals surface area (Å²) in [4.78, 5) is 0. The van der Waals surface area contributed by atoms with Gasteiger partial charge in [0.05, 0.1) is 11.9 Å². The molecule has 5 heteroatoms. The van der Waals surface area contributed by atoms with E-state index in [0.29, 0.717) is 17.8 Å². The van der Waals surface area contributed by atoms with E-state index in [1.807, 2.05) is 0 Å². The highest BCUT2D eigenvalue weighted by atomic mass is 32.2. The summed E-state index contributed by atoms with van der Waals surface area (Å²) in [7, 11) is -3.31. The van der Waals surface area contributed by atoms with Crippen LogP contribution in [0.25, 0.3) is 0 Å². The van der Waals surface area contributed by atoms with E-state index in [-0.39, 0.29) is 11.2 Å². The van der Waals surface area contributed by atoms with E-state index < -0.39 is 10.0 Å². The maximum absolute atomic E-state index is 13.9. The highest BCUT2D eigenvalue weighted by Crippen LogP contribution is 2.53. The van der Waals surface area contributed by atoms with E-state index >= 15 is 0 Å². The zero-order valence-electron chi connectivity index (χ0n) is 9.61. The predicted molar refractivity (Wildman–Crippen MR) is 64.1 cm³/mol. The minimum Gasteiger partial charge on any atom is -0.269 e. The van der Waals surface area contributed by atoms with Gasteiger partial charge in [-0.25, -0.2) is 12.8 Å². The van der Waals surface area contributed by atoms with Crippen molar-refractivity contribution < 1.29 is 12.8 Å². The molecule has 0 atom stereocenters. The molecule has 1 aromatic rings. The highest BCUT2D eigenvalue weighted by Gasteiger charge is 2.50. The molecule has 3 nitrogen and oxygen atoms in total. The first-order valence-electron chi connectivity index (χ1n) is 5.71. The molecular weight excluding hydrogens is 241 g/mol. The normalized spacial score (nSPS) is 21.4. The quantitative estimate of drug-likeness (QED) is 0.770. The van der Waals surface area contributed by atoms with Crippen molar-refractivity contribution >= 4 is 15.7 Å². The van der Waals surface area contributed by atoms with Crippen LogP contribution in [0.4, 0.5) is 10.1 Å². The number of hydrogen-bond acceptors (Lipinski definition) is 2. The maximum atomic E-state index is 13.9. The smallest absolute Gasteiger partial charge is 0.232 e. The summed E-state index contributed by atoms with van der Waals surface area (Å²) in [6.07, 6.45) is 3.99. The molecular formula is C12H14FNO2S. The monoisotopic (exact) mass is 255 g/mol. The molecule has 0 amide bonds. The molecule has 1 aromatic carbocycles. The fourth-order valence-corrected chi connectivity index (χ4v) is 3.98. The molecule has 0 saturated heterocycles. The van der Waals surface area contributed by atoms with Crippen LogP contribution in [0.2, 0.25) is 0 Å². The maximum Gasteiger partial charge on any atom is 0.232 e. The molecule has 0 aromatic heterocycles. The number of halogens is 1. The molecule has 3 rings (SSSR count). The van der Waals surface area contributed by atoms with E-state index in [4.69, 9.17) is 0 Å². The highest BCUT2D eigenvalue weighted by molar-refractivity contribution is 7.92. The Morgan fingerprint density at radius 3 is 2.59 bits per heavy atom. The lowest BCUT2D eigenvalue weighted by Gasteiger charge is -2.38. The van der Waals surface area contributed by atoms with Crippen molar-refractivity contribution in [2.24, 2.45) is 0 Å². The Bertz CT molecular complexity index is 578. The van der Waals surface area contributed by atoms with Gasteiger partial charge in [0.1, 0.15) is 5.82 Å². The Hall–Kier alpha value is -1.10. The molecule has 1 aliphatic heterocycles. The number of anilines is 1. The second-order valence-corrected chi connectivity index (χ2v) is 6.94. The van der Waals surface area contributed by atoms with Crippen molar-refractivity contribution in [3.63, 3.8) is 0 Å². The molecule has 0 radical (unpaired) electrons. The summed E-state index contributed by atoms with van der Waals surface area (Å²) in [5.74, 6) is -0.270. The van der Waals surface area contributed by atoms with Crippen molar-refractivity contribution in [2.75, 3.05) is 17.1 Å². The predicted octanol–water partition coefficient (Wildman–Crippen LogP) is 2.03. The zero-order chi connectivity index (χ0) is 12.3. The number of sulfonamides is 1. The number of rotatable bonds is 1. The second-order valence-electron chi connectivity index (χ2n) is 5.04. The largest absolute Gasteiger partial charge is 0.269 e. The first-order valence-corrected chi connectivity index (χ1v) is 7.56. The van der Waals surface area contributed by atoms with Crippen LogP contribution in [0.5, 0.6) is 0 Å². The van der Waals surface area contributed by atoms with Gasteiger partial charge in [-0.1, -0.05) is 12.5 Å². The average molecular weight is 255 g/mol. The Labute approximate surface area is 100 Å². The van der Waals surface area contributed by atoms with E-state index in [1.54, 1.807) is 12.1 Å². The van der Waals surface area contributed by atoms with Crippen LogP contribution in [0.15, 0.2) is 18.2 Å². The number of nitrogens with zero attached hydrogens (tertiary/aromatic N) is 1. The van der Waals surface area contributed by atoms with Gasteiger partial charge >= 0.3 is 0 Å². The summed E-state index contributed by atoms with van der Waals surface area (Å²) in [6.45, 7) is 0.405. The van der Waals surface area contributed by atoms with E-state index in [0.717, 1.165) is 19.3 Å². The summed E-state index contributed by atoms with van der Waals surface area (Å²) in [5, 5.41) is 0. The summed E-state index contributed by atoms with van der Waals surface area (Å²) in [6, 6.07) is 4.70. The molecule has 1 fully saturated rings. The lowest BCUT2D eigenvalue weighted by molar-refractivity contribution is 0.260. The van der Waals surface area contributed by atoms with Crippen molar-refractivity contribution in [2.45, 2.75) is 24.7 Å². The van der Waals surface area contributed by atoms with Gasteiger partial charge in [-0.2, -0.15) is 0 Å². The Kier molecular flexibility index (Phi) is 2.09. The van der Waals surface area contributed by atoms with Crippen LogP contribution in [0, 0.1) is 5.82 Å². The lowest BCUT2D eigenvalue weighted by Crippen LogP contribution is -2.41. The fourth-order valence-electron chi connectivity index (χ4n) is 2.99. The van der Waals surface area contributed by atoms with Crippen LogP contribution in [0.1, 0.15) is 24.8 Å². The van der Waals surface area contributed by atoms with Gasteiger partial charge < -0.3 is 0 Å². The van der Waals surface area contributed by atoms with Crippen molar-refractivity contribution in [3.8, 4) is 0 Å². The second kappa shape index (κ2) is 3.22. The van der Waals surface area contributed by atoms with E-state index in [2.05, 4.69) is 0 Å². The van der Waals surface area contributed by atoms with Gasteiger partial charge in [-0.05, 0) is 25.0 Å². The zero-order valence-corrected chi connectivity index (χ0v) is 10.4. The molecule has 1 spiro atoms. The molecule has 92 valence electrons. The standard InChI is InChI=1S/C12H14FNO2S/c1-17(15,16)14-8-12(6-3-7-12)11-9(13)4-2-5-10(11)14/h2,4-5H,3,6-8H2,1H3. The molecule has 1 heterocycles. The Morgan fingerprint density at radius 1 is 1.35 bits per heavy atom. The molecule has 0 bridgehead atoms. The van der Waals surface area contributed by atoms with Crippen LogP contribution in [-0.2, 0) is 15.4 Å². The van der Waals surface area contributed by atoms with Gasteiger partial charge in [-0.15, -0.1) is 0 Å². The SMILES string of the molecule is CS(=O)(=O)N1CC2(CCC2)c2c(F)cccc21. The van der Waals surface area contributed by atoms with E-state index in [1.165, 1.54) is 16.6 Å². The Balaban J connectivity index is 2.22. The van der Waals surface area contributed by atoms with Crippen molar-refractivity contribution in [1.82, 2.24) is 0 Å². The van der Waals surface area contributed by atoms with Crippen LogP contribution < -0.4 is 4.31 Å². The van der Waals surface area contributed by atoms with Gasteiger partial charge in [-0.3, -0.25) is 4.31 Å². The van der Waals surface area contributed by atoms with E-state index in [9.17, 15) is 12.8 Å². The van der Waals surface area contributed by atoms with Crippen molar-refractivity contribution in [1.29, 1.82) is 0 Å². The molecule has 17 heavy (non-hydrogen) atoms. The summed E-state index contributed by atoms with van der Waals surface area (Å²) >= 11 is 0. The molecule has 2 aliphatic rings. The summed E-state index contributed by atoms with van der Waals surface area (Å²) < 4.78 is 38.8. The lowest BCUT2D eigenvalue weighted by atomic mass is 9.65. The minimum atomic E-state index is -3.31. The third kappa shape index (κ3) is 1.41. The number of benzene rings is 1. The van der Waals surface area contributed by atoms with Crippen LogP contribution in [-0.4, -0.2) is 21.2 Å².